The molecular formula is C26H43NO2. The molecule has 0 saturated carbocycles. The maximum atomic E-state index is 5.92. The standard InChI is InChI=1S/C26H43NO2/c1-5-6-7-8-9-10-11-12-13-14-15-16-18-22-19-17-20-23(28-4)24(22)25-27-26(2,3)21-29-25/h17,19-20H,5-16,18,21H2,1-4H3. The quantitative estimate of drug-likeness (QED) is 0.285. The van der Waals surface area contributed by atoms with Gasteiger partial charge in [0.2, 0.25) is 5.90 Å². The lowest BCUT2D eigenvalue weighted by Crippen LogP contribution is -2.17. The Balaban J connectivity index is 1.69. The van der Waals surface area contributed by atoms with Gasteiger partial charge >= 0.3 is 0 Å². The summed E-state index contributed by atoms with van der Waals surface area (Å²) in [6.07, 6.45) is 17.6. The lowest BCUT2D eigenvalue weighted by molar-refractivity contribution is 0.278. The van der Waals surface area contributed by atoms with Gasteiger partial charge in [0.05, 0.1) is 18.2 Å². The van der Waals surface area contributed by atoms with Crippen LogP contribution in [-0.4, -0.2) is 25.2 Å². The summed E-state index contributed by atoms with van der Waals surface area (Å²) in [5, 5.41) is 0. The first-order chi connectivity index (χ1) is 14.1. The highest BCUT2D eigenvalue weighted by Gasteiger charge is 2.29. The van der Waals surface area contributed by atoms with E-state index in [1.165, 1.54) is 82.6 Å². The normalized spacial score (nSPS) is 15.2. The molecule has 29 heavy (non-hydrogen) atoms. The topological polar surface area (TPSA) is 30.8 Å². The second kappa shape index (κ2) is 12.9. The summed E-state index contributed by atoms with van der Waals surface area (Å²) in [5.41, 5.74) is 2.21. The minimum absolute atomic E-state index is 0.149. The average Bonchev–Trinajstić information content (AvgIpc) is 3.07. The van der Waals surface area contributed by atoms with Gasteiger partial charge in [-0.05, 0) is 38.3 Å². The van der Waals surface area contributed by atoms with Crippen molar-refractivity contribution in [2.24, 2.45) is 4.99 Å². The number of aliphatic imine (C=N–C) groups is 1. The highest BCUT2D eigenvalue weighted by Crippen LogP contribution is 2.30. The monoisotopic (exact) mass is 401 g/mol. The largest absolute Gasteiger partial charge is 0.496 e. The van der Waals surface area contributed by atoms with E-state index in [0.717, 1.165) is 23.6 Å². The van der Waals surface area contributed by atoms with Crippen molar-refractivity contribution in [3.05, 3.63) is 29.3 Å². The molecule has 0 spiro atoms. The molecule has 0 aromatic heterocycles. The predicted octanol–water partition coefficient (Wildman–Crippen LogP) is 7.49. The van der Waals surface area contributed by atoms with Crippen molar-refractivity contribution in [1.29, 1.82) is 0 Å². The Hall–Kier alpha value is -1.51. The van der Waals surface area contributed by atoms with Crippen molar-refractivity contribution >= 4 is 5.90 Å². The minimum Gasteiger partial charge on any atom is -0.496 e. The number of benzene rings is 1. The van der Waals surface area contributed by atoms with Gasteiger partial charge in [0, 0.05) is 0 Å². The summed E-state index contributed by atoms with van der Waals surface area (Å²) < 4.78 is 11.5. The van der Waals surface area contributed by atoms with Crippen LogP contribution in [0.25, 0.3) is 0 Å². The van der Waals surface area contributed by atoms with E-state index in [2.05, 4.69) is 32.9 Å². The smallest absolute Gasteiger partial charge is 0.220 e. The Morgan fingerprint density at radius 3 is 2.00 bits per heavy atom. The van der Waals surface area contributed by atoms with Gasteiger partial charge in [-0.2, -0.15) is 0 Å². The summed E-state index contributed by atoms with van der Waals surface area (Å²) in [6, 6.07) is 6.30. The molecule has 0 amide bonds. The first-order valence-electron chi connectivity index (χ1n) is 12.0. The zero-order chi connectivity index (χ0) is 21.0. The number of nitrogens with zero attached hydrogens (tertiary/aromatic N) is 1. The molecule has 0 bridgehead atoms. The van der Waals surface area contributed by atoms with E-state index < -0.39 is 0 Å². The van der Waals surface area contributed by atoms with Crippen molar-refractivity contribution in [1.82, 2.24) is 0 Å². The summed E-state index contributed by atoms with van der Waals surface area (Å²) in [7, 11) is 1.73. The molecule has 2 rings (SSSR count). The molecule has 0 atom stereocenters. The second-order valence-electron chi connectivity index (χ2n) is 9.15. The van der Waals surface area contributed by atoms with Crippen molar-refractivity contribution in [2.75, 3.05) is 13.7 Å². The third-order valence-electron chi connectivity index (χ3n) is 5.81. The van der Waals surface area contributed by atoms with E-state index in [-0.39, 0.29) is 5.54 Å². The van der Waals surface area contributed by atoms with Gasteiger partial charge in [0.1, 0.15) is 12.4 Å². The van der Waals surface area contributed by atoms with E-state index in [0.29, 0.717) is 6.61 Å². The molecule has 0 radical (unpaired) electrons. The number of ether oxygens (including phenoxy) is 2. The van der Waals surface area contributed by atoms with Crippen LogP contribution in [0.3, 0.4) is 0 Å². The fraction of sp³-hybridized carbons (Fsp3) is 0.731. The highest BCUT2D eigenvalue weighted by molar-refractivity contribution is 5.99. The van der Waals surface area contributed by atoms with Crippen LogP contribution < -0.4 is 4.74 Å². The highest BCUT2D eigenvalue weighted by atomic mass is 16.5. The molecule has 0 aliphatic carbocycles. The van der Waals surface area contributed by atoms with E-state index in [4.69, 9.17) is 14.5 Å². The van der Waals surface area contributed by atoms with Crippen LogP contribution in [0.5, 0.6) is 5.75 Å². The van der Waals surface area contributed by atoms with Gasteiger partial charge in [-0.1, -0.05) is 89.7 Å². The Bertz CT molecular complexity index is 621. The Morgan fingerprint density at radius 1 is 0.897 bits per heavy atom. The van der Waals surface area contributed by atoms with Crippen LogP contribution in [0.15, 0.2) is 23.2 Å². The summed E-state index contributed by atoms with van der Waals surface area (Å²) >= 11 is 0. The van der Waals surface area contributed by atoms with Gasteiger partial charge in [0.15, 0.2) is 0 Å². The fourth-order valence-corrected chi connectivity index (χ4v) is 4.07. The molecule has 0 saturated heterocycles. The van der Waals surface area contributed by atoms with Crippen LogP contribution in [0, 0.1) is 0 Å². The zero-order valence-electron chi connectivity index (χ0n) is 19.4. The van der Waals surface area contributed by atoms with Crippen molar-refractivity contribution in [2.45, 2.75) is 110 Å². The third kappa shape index (κ3) is 8.40. The summed E-state index contributed by atoms with van der Waals surface area (Å²) in [5.74, 6) is 1.62. The lowest BCUT2D eigenvalue weighted by Gasteiger charge is -2.13. The fourth-order valence-electron chi connectivity index (χ4n) is 4.07. The van der Waals surface area contributed by atoms with Crippen LogP contribution in [-0.2, 0) is 11.2 Å². The van der Waals surface area contributed by atoms with E-state index in [1.807, 2.05) is 6.07 Å². The summed E-state index contributed by atoms with van der Waals surface area (Å²) in [6.45, 7) is 7.14. The molecule has 3 nitrogen and oxygen atoms in total. The van der Waals surface area contributed by atoms with Crippen LogP contribution >= 0.6 is 0 Å². The number of hydrogen-bond donors (Lipinski definition) is 0. The maximum Gasteiger partial charge on any atom is 0.220 e. The van der Waals surface area contributed by atoms with Crippen LogP contribution in [0.2, 0.25) is 0 Å². The Labute approximate surface area is 179 Å². The molecule has 1 aliphatic rings. The first kappa shape index (κ1) is 23.8. The molecule has 0 fully saturated rings. The number of unbranched alkanes of at least 4 members (excludes halogenated alkanes) is 11. The maximum absolute atomic E-state index is 5.92. The van der Waals surface area contributed by atoms with Crippen LogP contribution in [0.4, 0.5) is 0 Å². The Morgan fingerprint density at radius 2 is 1.48 bits per heavy atom. The number of aryl methyl sites for hydroxylation is 1. The van der Waals surface area contributed by atoms with Gasteiger partial charge < -0.3 is 9.47 Å². The Kier molecular flexibility index (Phi) is 10.6. The zero-order valence-corrected chi connectivity index (χ0v) is 19.4. The lowest BCUT2D eigenvalue weighted by atomic mass is 9.99. The van der Waals surface area contributed by atoms with Crippen LogP contribution in [0.1, 0.15) is 109 Å². The molecule has 0 unspecified atom stereocenters. The van der Waals surface area contributed by atoms with E-state index >= 15 is 0 Å². The van der Waals surface area contributed by atoms with Gasteiger partial charge in [-0.3, -0.25) is 0 Å². The van der Waals surface area contributed by atoms with E-state index in [9.17, 15) is 0 Å². The van der Waals surface area contributed by atoms with Gasteiger partial charge in [0.25, 0.3) is 0 Å². The first-order valence-corrected chi connectivity index (χ1v) is 12.0. The molecule has 3 heteroatoms. The molecule has 1 aromatic carbocycles. The number of methoxy groups -OCH3 is 1. The number of hydrogen-bond acceptors (Lipinski definition) is 3. The van der Waals surface area contributed by atoms with Crippen molar-refractivity contribution in [3.63, 3.8) is 0 Å². The molecule has 1 heterocycles. The SMILES string of the molecule is CCCCCCCCCCCCCCc1cccc(OC)c1C1=NC(C)(C)CO1. The summed E-state index contributed by atoms with van der Waals surface area (Å²) in [4.78, 5) is 4.78. The predicted molar refractivity (Wildman–Crippen MR) is 124 cm³/mol. The van der Waals surface area contributed by atoms with Gasteiger partial charge in [-0.15, -0.1) is 0 Å². The molecule has 0 N–H and O–H groups in total. The van der Waals surface area contributed by atoms with Crippen molar-refractivity contribution < 1.29 is 9.47 Å². The third-order valence-corrected chi connectivity index (χ3v) is 5.81. The van der Waals surface area contributed by atoms with E-state index in [1.54, 1.807) is 7.11 Å². The average molecular weight is 402 g/mol. The molecular weight excluding hydrogens is 358 g/mol. The molecule has 1 aromatic rings. The van der Waals surface area contributed by atoms with Gasteiger partial charge in [-0.25, -0.2) is 4.99 Å². The molecule has 1 aliphatic heterocycles. The van der Waals surface area contributed by atoms with Crippen molar-refractivity contribution in [3.8, 4) is 5.75 Å². The minimum atomic E-state index is -0.149. The molecule has 164 valence electrons. The number of rotatable bonds is 15. The second-order valence-corrected chi connectivity index (χ2v) is 9.15.